The topological polar surface area (TPSA) is 130 Å². The minimum Gasteiger partial charge on any atom is -0.354 e. The number of halogens is 1. The molecule has 4 rings (SSSR count). The predicted molar refractivity (Wildman–Crippen MR) is 176 cm³/mol. The lowest BCUT2D eigenvalue weighted by atomic mass is 10.0. The minimum atomic E-state index is -4.31. The molecule has 0 aliphatic carbocycles. The van der Waals surface area contributed by atoms with E-state index < -0.39 is 33.4 Å². The third-order valence-electron chi connectivity index (χ3n) is 7.02. The standard InChI is InChI=1S/C33H33BrN4O6S/c1-2-20-35-33(40)31(22-25-10-5-3-6-11-25)36(23-26-12-9-13-27(34)21-26)32(39)24-37(28-16-18-29(19-17-28)38(41)42)45(43,44)30-14-7-4-8-15-30/h3-19,21,31H,2,20,22-24H2,1H3,(H,35,40)/t31-/m1/s1. The Hall–Kier alpha value is -4.55. The van der Waals surface area contributed by atoms with Crippen LogP contribution in [0, 0.1) is 10.1 Å². The van der Waals surface area contributed by atoms with Gasteiger partial charge >= 0.3 is 0 Å². The highest BCUT2D eigenvalue weighted by Crippen LogP contribution is 2.27. The lowest BCUT2D eigenvalue weighted by Crippen LogP contribution is -2.53. The minimum absolute atomic E-state index is 0.0226. The molecule has 12 heteroatoms. The number of nitrogens with one attached hydrogen (secondary N) is 1. The zero-order valence-electron chi connectivity index (χ0n) is 24.6. The van der Waals surface area contributed by atoms with Gasteiger partial charge < -0.3 is 10.2 Å². The van der Waals surface area contributed by atoms with Gasteiger partial charge in [0.25, 0.3) is 15.7 Å². The predicted octanol–water partition coefficient (Wildman–Crippen LogP) is 5.72. The molecule has 10 nitrogen and oxygen atoms in total. The number of nitro benzene ring substituents is 1. The number of amides is 2. The summed E-state index contributed by atoms with van der Waals surface area (Å²) in [6, 6.07) is 28.2. The van der Waals surface area contributed by atoms with E-state index >= 15 is 0 Å². The van der Waals surface area contributed by atoms with Crippen LogP contribution in [0.15, 0.2) is 119 Å². The average Bonchev–Trinajstić information content (AvgIpc) is 3.05. The molecule has 2 amide bonds. The number of anilines is 1. The Morgan fingerprint density at radius 1 is 0.889 bits per heavy atom. The summed E-state index contributed by atoms with van der Waals surface area (Å²) in [6.45, 7) is 1.69. The first-order valence-corrected chi connectivity index (χ1v) is 16.5. The van der Waals surface area contributed by atoms with E-state index in [1.807, 2.05) is 61.5 Å². The molecule has 0 heterocycles. The highest BCUT2D eigenvalue weighted by Gasteiger charge is 2.34. The molecular weight excluding hydrogens is 660 g/mol. The van der Waals surface area contributed by atoms with E-state index in [4.69, 9.17) is 0 Å². The van der Waals surface area contributed by atoms with Crippen LogP contribution in [0.4, 0.5) is 11.4 Å². The summed E-state index contributed by atoms with van der Waals surface area (Å²) in [5.41, 5.74) is 1.39. The lowest BCUT2D eigenvalue weighted by molar-refractivity contribution is -0.384. The van der Waals surface area contributed by atoms with Crippen LogP contribution in [0.2, 0.25) is 0 Å². The number of carbonyl (C=O) groups is 2. The molecule has 0 radical (unpaired) electrons. The molecule has 0 aliphatic heterocycles. The molecule has 0 saturated heterocycles. The number of hydrogen-bond donors (Lipinski definition) is 1. The first kappa shape index (κ1) is 33.3. The largest absolute Gasteiger partial charge is 0.354 e. The third-order valence-corrected chi connectivity index (χ3v) is 9.30. The van der Waals surface area contributed by atoms with E-state index in [-0.39, 0.29) is 35.1 Å². The van der Waals surface area contributed by atoms with Crippen molar-refractivity contribution in [3.63, 3.8) is 0 Å². The number of nitro groups is 1. The van der Waals surface area contributed by atoms with Crippen LogP contribution >= 0.6 is 15.9 Å². The van der Waals surface area contributed by atoms with Gasteiger partial charge in [-0.1, -0.05) is 83.5 Å². The second-order valence-corrected chi connectivity index (χ2v) is 13.0. The number of non-ortho nitro benzene ring substituents is 1. The van der Waals surface area contributed by atoms with Crippen LogP contribution in [0.25, 0.3) is 0 Å². The monoisotopic (exact) mass is 692 g/mol. The van der Waals surface area contributed by atoms with Crippen molar-refractivity contribution in [1.82, 2.24) is 10.2 Å². The van der Waals surface area contributed by atoms with E-state index in [9.17, 15) is 28.1 Å². The smallest absolute Gasteiger partial charge is 0.269 e. The van der Waals surface area contributed by atoms with E-state index in [0.29, 0.717) is 13.0 Å². The Kier molecular flexibility index (Phi) is 11.4. The summed E-state index contributed by atoms with van der Waals surface area (Å²) in [6.07, 6.45) is 0.881. The van der Waals surface area contributed by atoms with Crippen molar-refractivity contribution in [2.75, 3.05) is 17.4 Å². The molecule has 0 aliphatic rings. The molecule has 0 fully saturated rings. The van der Waals surface area contributed by atoms with Crippen LogP contribution in [0.5, 0.6) is 0 Å². The molecule has 4 aromatic carbocycles. The Bertz CT molecular complexity index is 1720. The van der Waals surface area contributed by atoms with Gasteiger partial charge in [-0.25, -0.2) is 8.42 Å². The quantitative estimate of drug-likeness (QED) is 0.133. The molecule has 0 aromatic heterocycles. The van der Waals surface area contributed by atoms with Gasteiger partial charge in [-0.15, -0.1) is 0 Å². The highest BCUT2D eigenvalue weighted by atomic mass is 79.9. The molecule has 4 aromatic rings. The highest BCUT2D eigenvalue weighted by molar-refractivity contribution is 9.10. The maximum atomic E-state index is 14.4. The zero-order chi connectivity index (χ0) is 32.4. The van der Waals surface area contributed by atoms with Crippen molar-refractivity contribution in [2.45, 2.75) is 37.2 Å². The Labute approximate surface area is 271 Å². The molecule has 1 atom stereocenters. The van der Waals surface area contributed by atoms with Crippen molar-refractivity contribution in [1.29, 1.82) is 0 Å². The second-order valence-electron chi connectivity index (χ2n) is 10.2. The van der Waals surface area contributed by atoms with Gasteiger partial charge in [-0.3, -0.25) is 24.0 Å². The van der Waals surface area contributed by atoms with Gasteiger partial charge in [-0.2, -0.15) is 0 Å². The summed E-state index contributed by atoms with van der Waals surface area (Å²) in [5.74, 6) is -0.989. The first-order valence-electron chi connectivity index (χ1n) is 14.3. The molecule has 0 bridgehead atoms. The van der Waals surface area contributed by atoms with E-state index in [1.165, 1.54) is 41.3 Å². The fraction of sp³-hybridized carbons (Fsp3) is 0.212. The average molecular weight is 694 g/mol. The van der Waals surface area contributed by atoms with Crippen LogP contribution in [-0.2, 0) is 32.6 Å². The summed E-state index contributed by atoms with van der Waals surface area (Å²) in [5, 5.41) is 14.2. The molecule has 0 spiro atoms. The number of sulfonamides is 1. The maximum Gasteiger partial charge on any atom is 0.269 e. The summed E-state index contributed by atoms with van der Waals surface area (Å²) >= 11 is 3.46. The summed E-state index contributed by atoms with van der Waals surface area (Å²) in [4.78, 5) is 40.1. The van der Waals surface area contributed by atoms with Crippen molar-refractivity contribution in [3.8, 4) is 0 Å². The van der Waals surface area contributed by atoms with Gasteiger partial charge in [0, 0.05) is 36.1 Å². The molecule has 1 N–H and O–H groups in total. The van der Waals surface area contributed by atoms with Crippen molar-refractivity contribution >= 4 is 49.1 Å². The fourth-order valence-electron chi connectivity index (χ4n) is 4.74. The van der Waals surface area contributed by atoms with E-state index in [1.54, 1.807) is 18.2 Å². The second kappa shape index (κ2) is 15.4. The SMILES string of the molecule is CCCNC(=O)[C@@H](Cc1ccccc1)N(Cc1cccc(Br)c1)C(=O)CN(c1ccc([N+](=O)[O-])cc1)S(=O)(=O)c1ccccc1. The maximum absolute atomic E-state index is 14.4. The van der Waals surface area contributed by atoms with Gasteiger partial charge in [0.05, 0.1) is 15.5 Å². The van der Waals surface area contributed by atoms with Gasteiger partial charge in [0.15, 0.2) is 0 Å². The Morgan fingerprint density at radius 2 is 1.51 bits per heavy atom. The van der Waals surface area contributed by atoms with Gasteiger partial charge in [0.1, 0.15) is 12.6 Å². The Morgan fingerprint density at radius 3 is 2.11 bits per heavy atom. The molecular formula is C33H33BrN4O6S. The number of hydrogen-bond acceptors (Lipinski definition) is 6. The van der Waals surface area contributed by atoms with Gasteiger partial charge in [-0.05, 0) is 53.9 Å². The lowest BCUT2D eigenvalue weighted by Gasteiger charge is -2.34. The zero-order valence-corrected chi connectivity index (χ0v) is 27.0. The first-order chi connectivity index (χ1) is 21.6. The number of benzene rings is 4. The fourth-order valence-corrected chi connectivity index (χ4v) is 6.62. The van der Waals surface area contributed by atoms with Crippen LogP contribution in [0.1, 0.15) is 24.5 Å². The van der Waals surface area contributed by atoms with Crippen LogP contribution < -0.4 is 9.62 Å². The molecule has 45 heavy (non-hydrogen) atoms. The number of rotatable bonds is 14. The van der Waals surface area contributed by atoms with Crippen LogP contribution in [0.3, 0.4) is 0 Å². The normalized spacial score (nSPS) is 11.8. The van der Waals surface area contributed by atoms with Crippen LogP contribution in [-0.4, -0.2) is 49.2 Å². The number of carbonyl (C=O) groups excluding carboxylic acids is 2. The Balaban J connectivity index is 1.80. The van der Waals surface area contributed by atoms with E-state index in [0.717, 1.165) is 19.9 Å². The van der Waals surface area contributed by atoms with Crippen molar-refractivity contribution in [2.24, 2.45) is 0 Å². The molecule has 0 unspecified atom stereocenters. The number of nitrogens with zero attached hydrogens (tertiary/aromatic N) is 3. The van der Waals surface area contributed by atoms with Crippen molar-refractivity contribution < 1.29 is 22.9 Å². The molecule has 0 saturated carbocycles. The van der Waals surface area contributed by atoms with Crippen molar-refractivity contribution in [3.05, 3.63) is 135 Å². The van der Waals surface area contributed by atoms with E-state index in [2.05, 4.69) is 21.2 Å². The molecule has 234 valence electrons. The van der Waals surface area contributed by atoms with Gasteiger partial charge in [0.2, 0.25) is 11.8 Å². The summed E-state index contributed by atoms with van der Waals surface area (Å²) < 4.78 is 29.7. The third kappa shape index (κ3) is 8.77. The summed E-state index contributed by atoms with van der Waals surface area (Å²) in [7, 11) is -4.31.